The third kappa shape index (κ3) is 2.69. The lowest BCUT2D eigenvalue weighted by Crippen LogP contribution is -2.50. The monoisotopic (exact) mass is 331 g/mol. The number of morpholine rings is 1. The third-order valence-electron chi connectivity index (χ3n) is 4.86. The minimum absolute atomic E-state index is 0.0149. The van der Waals surface area contributed by atoms with Crippen LogP contribution in [0.15, 0.2) is 24.3 Å². The van der Waals surface area contributed by atoms with Crippen molar-refractivity contribution >= 4 is 17.8 Å². The normalized spacial score (nSPS) is 23.9. The number of carbonyl (C=O) groups excluding carboxylic acids is 2. The maximum Gasteiger partial charge on any atom is 0.414 e. The molecule has 2 fully saturated rings. The second kappa shape index (κ2) is 6.32. The van der Waals surface area contributed by atoms with Crippen LogP contribution in [0.2, 0.25) is 0 Å². The molecule has 0 aromatic heterocycles. The number of para-hydroxylation sites is 1. The summed E-state index contributed by atoms with van der Waals surface area (Å²) in [5, 5.41) is 0. The van der Waals surface area contributed by atoms with E-state index in [1.807, 2.05) is 34.1 Å². The quantitative estimate of drug-likeness (QED) is 0.725. The van der Waals surface area contributed by atoms with Gasteiger partial charge in [-0.3, -0.25) is 4.90 Å². The van der Waals surface area contributed by atoms with Gasteiger partial charge in [0.2, 0.25) is 0 Å². The number of amides is 3. The Balaban J connectivity index is 1.61. The highest BCUT2D eigenvalue weighted by atomic mass is 16.6. The molecule has 7 heteroatoms. The van der Waals surface area contributed by atoms with Crippen molar-refractivity contribution in [2.75, 3.05) is 44.4 Å². The largest absolute Gasteiger partial charge is 0.447 e. The third-order valence-corrected chi connectivity index (χ3v) is 4.86. The van der Waals surface area contributed by atoms with Crippen LogP contribution in [0.1, 0.15) is 12.0 Å². The van der Waals surface area contributed by atoms with E-state index in [1.54, 1.807) is 4.90 Å². The van der Waals surface area contributed by atoms with Crippen LogP contribution in [0.3, 0.4) is 0 Å². The van der Waals surface area contributed by atoms with E-state index in [9.17, 15) is 9.59 Å². The molecular formula is C17H21N3O4. The maximum absolute atomic E-state index is 12.9. The van der Waals surface area contributed by atoms with Gasteiger partial charge in [0, 0.05) is 26.2 Å². The molecule has 128 valence electrons. The number of fused-ring (bicyclic) bond motifs is 3. The molecule has 0 unspecified atom stereocenters. The summed E-state index contributed by atoms with van der Waals surface area (Å²) in [5.74, 6) is 0. The van der Waals surface area contributed by atoms with E-state index in [0.29, 0.717) is 46.0 Å². The first-order chi connectivity index (χ1) is 11.7. The van der Waals surface area contributed by atoms with Crippen molar-refractivity contribution in [1.29, 1.82) is 0 Å². The predicted octanol–water partition coefficient (Wildman–Crippen LogP) is 1.67. The van der Waals surface area contributed by atoms with E-state index in [-0.39, 0.29) is 18.2 Å². The van der Waals surface area contributed by atoms with E-state index in [1.165, 1.54) is 0 Å². The number of rotatable bonds is 0. The summed E-state index contributed by atoms with van der Waals surface area (Å²) >= 11 is 0. The Labute approximate surface area is 140 Å². The van der Waals surface area contributed by atoms with Gasteiger partial charge in [-0.25, -0.2) is 9.59 Å². The van der Waals surface area contributed by atoms with Gasteiger partial charge in [0.1, 0.15) is 6.61 Å². The Kier molecular flexibility index (Phi) is 4.02. The van der Waals surface area contributed by atoms with Gasteiger partial charge in [0.25, 0.3) is 0 Å². The molecule has 0 aliphatic carbocycles. The van der Waals surface area contributed by atoms with Gasteiger partial charge in [-0.1, -0.05) is 18.2 Å². The Morgan fingerprint density at radius 2 is 1.88 bits per heavy atom. The molecule has 4 rings (SSSR count). The average molecular weight is 331 g/mol. The fourth-order valence-electron chi connectivity index (χ4n) is 3.56. The second-order valence-electron chi connectivity index (χ2n) is 6.32. The highest BCUT2D eigenvalue weighted by molar-refractivity contribution is 5.91. The summed E-state index contributed by atoms with van der Waals surface area (Å²) in [4.78, 5) is 30.4. The standard InChI is InChI=1S/C17H21N3O4/c21-16(18-7-9-23-10-8-18)19-6-5-14-12-24-17(22)20(14)15-4-2-1-3-13(15)11-19/h1-4,14H,5-12H2/t14-/m0/s1. The molecule has 24 heavy (non-hydrogen) atoms. The van der Waals surface area contributed by atoms with E-state index < -0.39 is 0 Å². The Bertz CT molecular complexity index is 644. The lowest BCUT2D eigenvalue weighted by atomic mass is 10.1. The van der Waals surface area contributed by atoms with Crippen LogP contribution in [0.4, 0.5) is 15.3 Å². The molecule has 7 nitrogen and oxygen atoms in total. The van der Waals surface area contributed by atoms with Crippen LogP contribution in [-0.4, -0.2) is 67.4 Å². The van der Waals surface area contributed by atoms with E-state index in [4.69, 9.17) is 9.47 Å². The van der Waals surface area contributed by atoms with Crippen LogP contribution >= 0.6 is 0 Å². The number of anilines is 1. The molecular weight excluding hydrogens is 310 g/mol. The summed E-state index contributed by atoms with van der Waals surface area (Å²) in [6, 6.07) is 7.79. The lowest BCUT2D eigenvalue weighted by molar-refractivity contribution is 0.0422. The predicted molar refractivity (Wildman–Crippen MR) is 86.9 cm³/mol. The number of benzene rings is 1. The van der Waals surface area contributed by atoms with Gasteiger partial charge in [0.05, 0.1) is 24.9 Å². The number of cyclic esters (lactones) is 1. The van der Waals surface area contributed by atoms with E-state index in [0.717, 1.165) is 17.7 Å². The molecule has 1 atom stereocenters. The molecule has 0 bridgehead atoms. The molecule has 3 amide bonds. The summed E-state index contributed by atoms with van der Waals surface area (Å²) < 4.78 is 10.6. The van der Waals surface area contributed by atoms with Crippen molar-refractivity contribution in [1.82, 2.24) is 9.80 Å². The molecule has 0 radical (unpaired) electrons. The molecule has 3 aliphatic heterocycles. The van der Waals surface area contributed by atoms with E-state index in [2.05, 4.69) is 0 Å². The number of nitrogens with zero attached hydrogens (tertiary/aromatic N) is 3. The van der Waals surface area contributed by atoms with Gasteiger partial charge in [0.15, 0.2) is 0 Å². The SMILES string of the molecule is O=C(N1CCOCC1)N1CC[C@H]2COC(=O)N2c2ccccc2C1. The first-order valence-corrected chi connectivity index (χ1v) is 8.39. The smallest absolute Gasteiger partial charge is 0.414 e. The summed E-state index contributed by atoms with van der Waals surface area (Å²) in [5.41, 5.74) is 1.83. The molecule has 1 aromatic rings. The molecule has 3 heterocycles. The van der Waals surface area contributed by atoms with Crippen molar-refractivity contribution in [2.45, 2.75) is 19.0 Å². The topological polar surface area (TPSA) is 62.3 Å². The van der Waals surface area contributed by atoms with E-state index >= 15 is 0 Å². The Morgan fingerprint density at radius 1 is 1.08 bits per heavy atom. The minimum Gasteiger partial charge on any atom is -0.447 e. The zero-order valence-electron chi connectivity index (χ0n) is 13.5. The van der Waals surface area contributed by atoms with Gasteiger partial charge in [-0.15, -0.1) is 0 Å². The van der Waals surface area contributed by atoms with Crippen molar-refractivity contribution in [3.8, 4) is 0 Å². The lowest BCUT2D eigenvalue weighted by Gasteiger charge is -2.36. The minimum atomic E-state index is -0.291. The molecule has 3 aliphatic rings. The Morgan fingerprint density at radius 3 is 2.71 bits per heavy atom. The summed E-state index contributed by atoms with van der Waals surface area (Å²) in [6.45, 7) is 3.95. The van der Waals surface area contributed by atoms with Crippen molar-refractivity contribution < 1.29 is 19.1 Å². The number of carbonyl (C=O) groups is 2. The zero-order chi connectivity index (χ0) is 16.5. The van der Waals surface area contributed by atoms with Gasteiger partial charge in [-0.05, 0) is 18.1 Å². The highest BCUT2D eigenvalue weighted by Crippen LogP contribution is 2.31. The first-order valence-electron chi connectivity index (χ1n) is 8.39. The van der Waals surface area contributed by atoms with Crippen LogP contribution in [0.5, 0.6) is 0 Å². The van der Waals surface area contributed by atoms with Crippen LogP contribution < -0.4 is 4.90 Å². The summed E-state index contributed by atoms with van der Waals surface area (Å²) in [6.07, 6.45) is 0.427. The molecule has 0 N–H and O–H groups in total. The zero-order valence-corrected chi connectivity index (χ0v) is 13.5. The second-order valence-corrected chi connectivity index (χ2v) is 6.32. The van der Waals surface area contributed by atoms with Crippen LogP contribution in [-0.2, 0) is 16.0 Å². The fourth-order valence-corrected chi connectivity index (χ4v) is 3.56. The molecule has 0 spiro atoms. The summed E-state index contributed by atoms with van der Waals surface area (Å²) in [7, 11) is 0. The number of hydrogen-bond donors (Lipinski definition) is 0. The van der Waals surface area contributed by atoms with Gasteiger partial charge in [-0.2, -0.15) is 0 Å². The molecule has 2 saturated heterocycles. The Hall–Kier alpha value is -2.28. The maximum atomic E-state index is 12.9. The fraction of sp³-hybridized carbons (Fsp3) is 0.529. The van der Waals surface area contributed by atoms with Crippen molar-refractivity contribution in [3.63, 3.8) is 0 Å². The average Bonchev–Trinajstić information content (AvgIpc) is 2.97. The van der Waals surface area contributed by atoms with Crippen molar-refractivity contribution in [3.05, 3.63) is 29.8 Å². The number of urea groups is 1. The van der Waals surface area contributed by atoms with Crippen LogP contribution in [0, 0.1) is 0 Å². The van der Waals surface area contributed by atoms with Crippen molar-refractivity contribution in [2.24, 2.45) is 0 Å². The highest BCUT2D eigenvalue weighted by Gasteiger charge is 2.38. The van der Waals surface area contributed by atoms with Gasteiger partial charge >= 0.3 is 12.1 Å². The molecule has 0 saturated carbocycles. The van der Waals surface area contributed by atoms with Crippen LogP contribution in [0.25, 0.3) is 0 Å². The van der Waals surface area contributed by atoms with Gasteiger partial charge < -0.3 is 19.3 Å². The first kappa shape index (κ1) is 15.3. The number of hydrogen-bond acceptors (Lipinski definition) is 4. The number of ether oxygens (including phenoxy) is 2. The molecule has 1 aromatic carbocycles.